The first kappa shape index (κ1) is 13.1. The summed E-state index contributed by atoms with van der Waals surface area (Å²) in [6.07, 6.45) is 0. The standard InChI is InChI=1S/C17H23N/c1-5-18-17(12(2)3)16-11-10-13(4)14-8-6-7-9-15(14)16/h6-12,17-18H,5H2,1-4H3. The average Bonchev–Trinajstić information content (AvgIpc) is 2.37. The highest BCUT2D eigenvalue weighted by Crippen LogP contribution is 2.30. The van der Waals surface area contributed by atoms with E-state index in [2.05, 4.69) is 69.4 Å². The summed E-state index contributed by atoms with van der Waals surface area (Å²) in [5.41, 5.74) is 2.78. The van der Waals surface area contributed by atoms with Gasteiger partial charge in [-0.05, 0) is 41.3 Å². The maximum absolute atomic E-state index is 3.61. The molecule has 0 bridgehead atoms. The minimum atomic E-state index is 0.431. The van der Waals surface area contributed by atoms with Crippen LogP contribution >= 0.6 is 0 Å². The van der Waals surface area contributed by atoms with Gasteiger partial charge in [0.1, 0.15) is 0 Å². The molecule has 0 radical (unpaired) electrons. The van der Waals surface area contributed by atoms with Crippen molar-refractivity contribution in [2.45, 2.75) is 33.7 Å². The van der Waals surface area contributed by atoms with Crippen LogP contribution in [-0.2, 0) is 0 Å². The van der Waals surface area contributed by atoms with Crippen LogP contribution in [0.5, 0.6) is 0 Å². The average molecular weight is 241 g/mol. The van der Waals surface area contributed by atoms with Crippen molar-refractivity contribution < 1.29 is 0 Å². The zero-order valence-electron chi connectivity index (χ0n) is 11.8. The van der Waals surface area contributed by atoms with E-state index in [1.807, 2.05) is 0 Å². The fraction of sp³-hybridized carbons (Fsp3) is 0.412. The van der Waals surface area contributed by atoms with Gasteiger partial charge in [0.2, 0.25) is 0 Å². The molecule has 0 fully saturated rings. The molecule has 0 saturated carbocycles. The lowest BCUT2D eigenvalue weighted by molar-refractivity contribution is 0.424. The lowest BCUT2D eigenvalue weighted by atomic mass is 9.90. The van der Waals surface area contributed by atoms with Crippen LogP contribution in [0, 0.1) is 12.8 Å². The minimum absolute atomic E-state index is 0.431. The molecule has 0 spiro atoms. The Bertz CT molecular complexity index is 528. The number of nitrogens with one attached hydrogen (secondary N) is 1. The molecule has 0 aliphatic carbocycles. The summed E-state index contributed by atoms with van der Waals surface area (Å²) in [6, 6.07) is 13.7. The van der Waals surface area contributed by atoms with E-state index in [1.165, 1.54) is 21.9 Å². The summed E-state index contributed by atoms with van der Waals surface area (Å²) in [5.74, 6) is 0.594. The Morgan fingerprint density at radius 2 is 1.67 bits per heavy atom. The quantitative estimate of drug-likeness (QED) is 0.833. The van der Waals surface area contributed by atoms with Crippen LogP contribution < -0.4 is 5.32 Å². The monoisotopic (exact) mass is 241 g/mol. The third-order valence-corrected chi connectivity index (χ3v) is 3.60. The second-order valence-electron chi connectivity index (χ2n) is 5.30. The first-order valence-corrected chi connectivity index (χ1v) is 6.86. The van der Waals surface area contributed by atoms with E-state index in [0.29, 0.717) is 12.0 Å². The van der Waals surface area contributed by atoms with Gasteiger partial charge in [-0.1, -0.05) is 57.2 Å². The van der Waals surface area contributed by atoms with E-state index in [0.717, 1.165) is 6.54 Å². The van der Waals surface area contributed by atoms with E-state index < -0.39 is 0 Å². The Kier molecular flexibility index (Phi) is 4.03. The highest BCUT2D eigenvalue weighted by molar-refractivity contribution is 5.88. The van der Waals surface area contributed by atoms with Gasteiger partial charge in [0.15, 0.2) is 0 Å². The van der Waals surface area contributed by atoms with Crippen LogP contribution in [0.25, 0.3) is 10.8 Å². The van der Waals surface area contributed by atoms with E-state index in [1.54, 1.807) is 0 Å². The van der Waals surface area contributed by atoms with E-state index in [9.17, 15) is 0 Å². The number of benzene rings is 2. The van der Waals surface area contributed by atoms with Crippen molar-refractivity contribution in [3.05, 3.63) is 47.5 Å². The smallest absolute Gasteiger partial charge is 0.0349 e. The highest BCUT2D eigenvalue weighted by Gasteiger charge is 2.17. The summed E-state index contributed by atoms with van der Waals surface area (Å²) in [4.78, 5) is 0. The van der Waals surface area contributed by atoms with Crippen LogP contribution in [0.1, 0.15) is 37.9 Å². The number of aryl methyl sites for hydroxylation is 1. The predicted molar refractivity (Wildman–Crippen MR) is 79.9 cm³/mol. The zero-order valence-corrected chi connectivity index (χ0v) is 11.8. The SMILES string of the molecule is CCNC(c1ccc(C)c2ccccc12)C(C)C. The van der Waals surface area contributed by atoms with Gasteiger partial charge in [-0.2, -0.15) is 0 Å². The molecule has 1 N–H and O–H groups in total. The Morgan fingerprint density at radius 1 is 1.00 bits per heavy atom. The van der Waals surface area contributed by atoms with Crippen LogP contribution in [-0.4, -0.2) is 6.54 Å². The lowest BCUT2D eigenvalue weighted by Crippen LogP contribution is -2.25. The first-order valence-electron chi connectivity index (χ1n) is 6.86. The van der Waals surface area contributed by atoms with Gasteiger partial charge >= 0.3 is 0 Å². The fourth-order valence-corrected chi connectivity index (χ4v) is 2.67. The van der Waals surface area contributed by atoms with Crippen molar-refractivity contribution in [2.24, 2.45) is 5.92 Å². The number of hydrogen-bond donors (Lipinski definition) is 1. The lowest BCUT2D eigenvalue weighted by Gasteiger charge is -2.24. The molecule has 2 rings (SSSR count). The molecule has 1 atom stereocenters. The number of hydrogen-bond acceptors (Lipinski definition) is 1. The number of rotatable bonds is 4. The molecule has 0 aliphatic heterocycles. The van der Waals surface area contributed by atoms with Gasteiger partial charge in [-0.25, -0.2) is 0 Å². The molecular weight excluding hydrogens is 218 g/mol. The largest absolute Gasteiger partial charge is 0.310 e. The molecule has 1 nitrogen and oxygen atoms in total. The Morgan fingerprint density at radius 3 is 2.28 bits per heavy atom. The molecule has 0 aromatic heterocycles. The second kappa shape index (κ2) is 5.53. The second-order valence-corrected chi connectivity index (χ2v) is 5.30. The molecule has 2 aromatic carbocycles. The highest BCUT2D eigenvalue weighted by atomic mass is 14.9. The predicted octanol–water partition coefficient (Wildman–Crippen LogP) is 4.45. The van der Waals surface area contributed by atoms with E-state index >= 15 is 0 Å². The van der Waals surface area contributed by atoms with Gasteiger partial charge in [0, 0.05) is 6.04 Å². The van der Waals surface area contributed by atoms with E-state index in [4.69, 9.17) is 0 Å². The molecule has 0 saturated heterocycles. The van der Waals surface area contributed by atoms with Crippen molar-refractivity contribution in [1.82, 2.24) is 5.32 Å². The summed E-state index contributed by atoms with van der Waals surface area (Å²) in [5, 5.41) is 6.37. The summed E-state index contributed by atoms with van der Waals surface area (Å²) in [7, 11) is 0. The van der Waals surface area contributed by atoms with Crippen LogP contribution in [0.2, 0.25) is 0 Å². The normalized spacial score (nSPS) is 13.2. The van der Waals surface area contributed by atoms with Crippen molar-refractivity contribution in [3.63, 3.8) is 0 Å². The van der Waals surface area contributed by atoms with Crippen molar-refractivity contribution >= 4 is 10.8 Å². The van der Waals surface area contributed by atoms with Gasteiger partial charge < -0.3 is 5.32 Å². The molecule has 96 valence electrons. The van der Waals surface area contributed by atoms with Gasteiger partial charge in [0.25, 0.3) is 0 Å². The molecule has 0 heterocycles. The minimum Gasteiger partial charge on any atom is -0.310 e. The molecule has 1 unspecified atom stereocenters. The van der Waals surface area contributed by atoms with Crippen LogP contribution in [0.3, 0.4) is 0 Å². The van der Waals surface area contributed by atoms with Crippen LogP contribution in [0.4, 0.5) is 0 Å². The maximum Gasteiger partial charge on any atom is 0.0349 e. The zero-order chi connectivity index (χ0) is 13.1. The molecule has 0 aliphatic rings. The van der Waals surface area contributed by atoms with Crippen molar-refractivity contribution in [2.75, 3.05) is 6.54 Å². The van der Waals surface area contributed by atoms with Crippen LogP contribution in [0.15, 0.2) is 36.4 Å². The summed E-state index contributed by atoms with van der Waals surface area (Å²) < 4.78 is 0. The van der Waals surface area contributed by atoms with Gasteiger partial charge in [0.05, 0.1) is 0 Å². The Balaban J connectivity index is 2.59. The Hall–Kier alpha value is -1.34. The third kappa shape index (κ3) is 2.41. The van der Waals surface area contributed by atoms with Crippen molar-refractivity contribution in [3.8, 4) is 0 Å². The molecule has 18 heavy (non-hydrogen) atoms. The molecule has 0 amide bonds. The third-order valence-electron chi connectivity index (χ3n) is 3.60. The van der Waals surface area contributed by atoms with E-state index in [-0.39, 0.29) is 0 Å². The molecular formula is C17H23N. The molecule has 1 heteroatoms. The fourth-order valence-electron chi connectivity index (χ4n) is 2.67. The maximum atomic E-state index is 3.61. The summed E-state index contributed by atoms with van der Waals surface area (Å²) >= 11 is 0. The van der Waals surface area contributed by atoms with Gasteiger partial charge in [-0.15, -0.1) is 0 Å². The topological polar surface area (TPSA) is 12.0 Å². The van der Waals surface area contributed by atoms with Crippen molar-refractivity contribution in [1.29, 1.82) is 0 Å². The molecule has 2 aromatic rings. The first-order chi connectivity index (χ1) is 8.65. The summed E-state index contributed by atoms with van der Waals surface area (Å²) in [6.45, 7) is 9.92. The number of fused-ring (bicyclic) bond motifs is 1. The van der Waals surface area contributed by atoms with Gasteiger partial charge in [-0.3, -0.25) is 0 Å². The Labute approximate surface area is 110 Å².